The molecule has 1 aromatic carbocycles. The summed E-state index contributed by atoms with van der Waals surface area (Å²) in [7, 11) is 1.56. The van der Waals surface area contributed by atoms with E-state index in [2.05, 4.69) is 20.9 Å². The molecule has 2 aromatic rings. The van der Waals surface area contributed by atoms with Crippen LogP contribution in [0.25, 0.3) is 10.9 Å². The maximum Gasteiger partial charge on any atom is 0.268 e. The predicted molar refractivity (Wildman–Crippen MR) is 119 cm³/mol. The molecule has 1 aromatic heterocycles. The van der Waals surface area contributed by atoms with Gasteiger partial charge in [0, 0.05) is 23.4 Å². The van der Waals surface area contributed by atoms with E-state index >= 15 is 0 Å². The lowest BCUT2D eigenvalue weighted by atomic mass is 9.98. The van der Waals surface area contributed by atoms with Crippen molar-refractivity contribution in [3.05, 3.63) is 30.0 Å². The minimum Gasteiger partial charge on any atom is -0.496 e. The standard InChI is InChI=1S/C23H30N4O5/c1-13(2)9-18(22(30)25-15(12-28)10-14-7-8-24-21(14)29)27-23(31)19-11-16-17(26-19)5-4-6-20(16)32-3/h4-6,11-15,18,26H,7-10H2,1-3H3,(H,24,29)(H,25,30)(H,27,31)/t14?,15-,18-/m0/s1. The molecule has 1 fully saturated rings. The first-order chi connectivity index (χ1) is 15.3. The summed E-state index contributed by atoms with van der Waals surface area (Å²) in [5.41, 5.74) is 1.05. The lowest BCUT2D eigenvalue weighted by molar-refractivity contribution is -0.127. The number of rotatable bonds is 10. The normalized spacial score (nSPS) is 17.6. The highest BCUT2D eigenvalue weighted by Gasteiger charge is 2.30. The molecule has 3 atom stereocenters. The summed E-state index contributed by atoms with van der Waals surface area (Å²) >= 11 is 0. The highest BCUT2D eigenvalue weighted by atomic mass is 16.5. The van der Waals surface area contributed by atoms with Crippen molar-refractivity contribution in [1.82, 2.24) is 20.9 Å². The number of methoxy groups -OCH3 is 1. The second-order valence-electron chi connectivity index (χ2n) is 8.52. The van der Waals surface area contributed by atoms with Crippen molar-refractivity contribution in [2.45, 2.75) is 45.2 Å². The average molecular weight is 443 g/mol. The topological polar surface area (TPSA) is 129 Å². The van der Waals surface area contributed by atoms with E-state index in [0.717, 1.165) is 10.9 Å². The zero-order valence-corrected chi connectivity index (χ0v) is 18.6. The Hall–Kier alpha value is -3.36. The Balaban J connectivity index is 1.71. The van der Waals surface area contributed by atoms with Gasteiger partial charge < -0.3 is 30.5 Å². The second kappa shape index (κ2) is 10.3. The van der Waals surface area contributed by atoms with E-state index in [4.69, 9.17) is 4.74 Å². The third-order valence-electron chi connectivity index (χ3n) is 5.61. The molecule has 0 saturated carbocycles. The summed E-state index contributed by atoms with van der Waals surface area (Å²) in [4.78, 5) is 52.2. The van der Waals surface area contributed by atoms with E-state index in [1.807, 2.05) is 26.0 Å². The molecule has 0 bridgehead atoms. The molecule has 0 radical (unpaired) electrons. The number of H-pyrrole nitrogens is 1. The van der Waals surface area contributed by atoms with Crippen LogP contribution in [0.1, 0.15) is 43.6 Å². The Kier molecular flexibility index (Phi) is 7.50. The Morgan fingerprint density at radius 1 is 1.28 bits per heavy atom. The van der Waals surface area contributed by atoms with Crippen molar-refractivity contribution in [1.29, 1.82) is 0 Å². The molecule has 32 heavy (non-hydrogen) atoms. The zero-order chi connectivity index (χ0) is 23.3. The fraction of sp³-hybridized carbons (Fsp3) is 0.478. The monoisotopic (exact) mass is 442 g/mol. The van der Waals surface area contributed by atoms with Gasteiger partial charge in [0.05, 0.1) is 13.2 Å². The summed E-state index contributed by atoms with van der Waals surface area (Å²) in [6, 6.07) is 5.52. The minimum absolute atomic E-state index is 0.104. The van der Waals surface area contributed by atoms with E-state index in [9.17, 15) is 19.2 Å². The maximum atomic E-state index is 12.9. The van der Waals surface area contributed by atoms with Crippen LogP contribution in [0.4, 0.5) is 0 Å². The van der Waals surface area contributed by atoms with Gasteiger partial charge in [0.1, 0.15) is 23.8 Å². The smallest absolute Gasteiger partial charge is 0.268 e. The van der Waals surface area contributed by atoms with Crippen molar-refractivity contribution in [2.75, 3.05) is 13.7 Å². The van der Waals surface area contributed by atoms with Gasteiger partial charge in [-0.25, -0.2) is 0 Å². The van der Waals surface area contributed by atoms with Gasteiger partial charge in [-0.15, -0.1) is 0 Å². The number of amides is 3. The van der Waals surface area contributed by atoms with Crippen LogP contribution in [-0.2, 0) is 14.4 Å². The molecular formula is C23H30N4O5. The molecule has 2 heterocycles. The second-order valence-corrected chi connectivity index (χ2v) is 8.52. The van der Waals surface area contributed by atoms with Gasteiger partial charge in [-0.1, -0.05) is 19.9 Å². The van der Waals surface area contributed by atoms with E-state index in [1.165, 1.54) is 0 Å². The fourth-order valence-corrected chi connectivity index (χ4v) is 3.97. The van der Waals surface area contributed by atoms with Crippen molar-refractivity contribution >= 4 is 34.9 Å². The van der Waals surface area contributed by atoms with Gasteiger partial charge >= 0.3 is 0 Å². The van der Waals surface area contributed by atoms with Crippen LogP contribution in [0.15, 0.2) is 24.3 Å². The summed E-state index contributed by atoms with van der Waals surface area (Å²) in [5, 5.41) is 8.96. The third kappa shape index (κ3) is 5.46. The summed E-state index contributed by atoms with van der Waals surface area (Å²) in [5.74, 6) is -0.515. The highest BCUT2D eigenvalue weighted by molar-refractivity contribution is 6.01. The number of aldehydes is 1. The quantitative estimate of drug-likeness (QED) is 0.415. The number of fused-ring (bicyclic) bond motifs is 1. The number of aromatic nitrogens is 1. The summed E-state index contributed by atoms with van der Waals surface area (Å²) < 4.78 is 5.33. The summed E-state index contributed by atoms with van der Waals surface area (Å²) in [6.45, 7) is 4.46. The average Bonchev–Trinajstić information content (AvgIpc) is 3.38. The number of carbonyl (C=O) groups excluding carboxylic acids is 4. The molecule has 3 amide bonds. The highest BCUT2D eigenvalue weighted by Crippen LogP contribution is 2.26. The zero-order valence-electron chi connectivity index (χ0n) is 18.6. The molecule has 0 aliphatic carbocycles. The number of nitrogens with one attached hydrogen (secondary N) is 4. The van der Waals surface area contributed by atoms with Crippen LogP contribution in [0, 0.1) is 11.8 Å². The van der Waals surface area contributed by atoms with Gasteiger partial charge in [-0.3, -0.25) is 14.4 Å². The van der Waals surface area contributed by atoms with Crippen LogP contribution in [0.2, 0.25) is 0 Å². The Morgan fingerprint density at radius 2 is 2.06 bits per heavy atom. The van der Waals surface area contributed by atoms with Crippen LogP contribution in [0.5, 0.6) is 5.75 Å². The van der Waals surface area contributed by atoms with Crippen LogP contribution in [0.3, 0.4) is 0 Å². The Bertz CT molecular complexity index is 999. The Labute approximate surface area is 186 Å². The van der Waals surface area contributed by atoms with Gasteiger partial charge in [-0.05, 0) is 43.4 Å². The van der Waals surface area contributed by atoms with Crippen LogP contribution in [-0.4, -0.2) is 54.7 Å². The van der Waals surface area contributed by atoms with Gasteiger partial charge in [0.25, 0.3) is 5.91 Å². The van der Waals surface area contributed by atoms with Crippen molar-refractivity contribution in [3.8, 4) is 5.75 Å². The minimum atomic E-state index is -0.823. The van der Waals surface area contributed by atoms with Crippen molar-refractivity contribution in [3.63, 3.8) is 0 Å². The number of aromatic amines is 1. The molecule has 3 rings (SSSR count). The van der Waals surface area contributed by atoms with Crippen molar-refractivity contribution < 1.29 is 23.9 Å². The van der Waals surface area contributed by atoms with E-state index in [1.54, 1.807) is 19.2 Å². The van der Waals surface area contributed by atoms with E-state index in [0.29, 0.717) is 37.1 Å². The molecule has 4 N–H and O–H groups in total. The molecule has 9 heteroatoms. The Morgan fingerprint density at radius 3 is 2.69 bits per heavy atom. The van der Waals surface area contributed by atoms with Gasteiger partial charge in [0.15, 0.2) is 0 Å². The van der Waals surface area contributed by atoms with E-state index in [-0.39, 0.29) is 24.2 Å². The first-order valence-electron chi connectivity index (χ1n) is 10.8. The maximum absolute atomic E-state index is 12.9. The SMILES string of the molecule is COc1cccc2[nH]c(C(=O)N[C@@H](CC(C)C)C(=O)N[C@H](C=O)CC3CCNC3=O)cc12. The number of hydrogen-bond donors (Lipinski definition) is 4. The number of benzene rings is 1. The van der Waals surface area contributed by atoms with Crippen LogP contribution >= 0.6 is 0 Å². The fourth-order valence-electron chi connectivity index (χ4n) is 3.97. The molecule has 1 unspecified atom stereocenters. The third-order valence-corrected chi connectivity index (χ3v) is 5.61. The van der Waals surface area contributed by atoms with Gasteiger partial charge in [0.2, 0.25) is 11.8 Å². The van der Waals surface area contributed by atoms with Crippen LogP contribution < -0.4 is 20.7 Å². The molecule has 1 saturated heterocycles. The van der Waals surface area contributed by atoms with Crippen molar-refractivity contribution in [2.24, 2.45) is 11.8 Å². The summed E-state index contributed by atoms with van der Waals surface area (Å²) in [6.07, 6.45) is 1.92. The number of carbonyl (C=O) groups is 4. The molecule has 0 spiro atoms. The first-order valence-corrected chi connectivity index (χ1v) is 10.8. The molecule has 1 aliphatic rings. The molecule has 9 nitrogen and oxygen atoms in total. The molecule has 172 valence electrons. The lowest BCUT2D eigenvalue weighted by Gasteiger charge is -2.23. The molecule has 1 aliphatic heterocycles. The number of ether oxygens (including phenoxy) is 1. The molecular weight excluding hydrogens is 412 g/mol. The largest absolute Gasteiger partial charge is 0.496 e. The van der Waals surface area contributed by atoms with Gasteiger partial charge in [-0.2, -0.15) is 0 Å². The first kappa shape index (κ1) is 23.3. The van der Waals surface area contributed by atoms with E-state index < -0.39 is 23.9 Å². The lowest BCUT2D eigenvalue weighted by Crippen LogP contribution is -2.51. The predicted octanol–water partition coefficient (Wildman–Crippen LogP) is 1.53. The number of hydrogen-bond acceptors (Lipinski definition) is 5.